The van der Waals surface area contributed by atoms with E-state index in [9.17, 15) is 4.79 Å². The molecule has 3 heteroatoms. The Hall–Kier alpha value is -1.09. The van der Waals surface area contributed by atoms with Crippen molar-refractivity contribution in [2.45, 2.75) is 136 Å². The van der Waals surface area contributed by atoms with Crippen molar-refractivity contribution in [2.75, 3.05) is 13.1 Å². The summed E-state index contributed by atoms with van der Waals surface area (Å²) >= 11 is 0. The van der Waals surface area contributed by atoms with Gasteiger partial charge in [0.25, 0.3) is 0 Å². The molecule has 0 rings (SSSR count). The van der Waals surface area contributed by atoms with E-state index in [-0.39, 0.29) is 6.42 Å². The lowest BCUT2D eigenvalue weighted by atomic mass is 10.0. The number of carboxylic acid groups (broad SMARTS) is 1. The Morgan fingerprint density at radius 2 is 1.23 bits per heavy atom. The van der Waals surface area contributed by atoms with Gasteiger partial charge >= 0.3 is 5.97 Å². The van der Waals surface area contributed by atoms with Crippen LogP contribution in [0.25, 0.3) is 0 Å². The Bertz CT molecular complexity index is 442. The summed E-state index contributed by atoms with van der Waals surface area (Å²) in [6.07, 6.45) is 30.1. The number of carboxylic acids is 1. The Balaban J connectivity index is 3.31. The first-order valence-electron chi connectivity index (χ1n) is 13.5. The number of allylic oxidation sites excluding steroid dienone is 4. The van der Waals surface area contributed by atoms with Crippen molar-refractivity contribution in [3.8, 4) is 0 Å². The lowest BCUT2D eigenvalue weighted by Crippen LogP contribution is -2.16. The molecule has 0 aromatic rings. The maximum absolute atomic E-state index is 10.7. The van der Waals surface area contributed by atoms with Crippen LogP contribution in [0.5, 0.6) is 0 Å². The quantitative estimate of drug-likeness (QED) is 0.118. The van der Waals surface area contributed by atoms with Gasteiger partial charge in [0.15, 0.2) is 0 Å². The molecule has 0 aliphatic heterocycles. The third-order valence-corrected chi connectivity index (χ3v) is 5.87. The number of aliphatic carboxylic acids is 1. The zero-order valence-corrected chi connectivity index (χ0v) is 20.9. The van der Waals surface area contributed by atoms with Gasteiger partial charge in [-0.1, -0.05) is 95.4 Å². The van der Waals surface area contributed by atoms with E-state index in [0.717, 1.165) is 32.4 Å². The van der Waals surface area contributed by atoms with E-state index < -0.39 is 5.97 Å². The molecular weight excluding hydrogens is 382 g/mol. The summed E-state index contributed by atoms with van der Waals surface area (Å²) in [5.41, 5.74) is 1.31. The molecule has 0 aliphatic rings. The first-order valence-corrected chi connectivity index (χ1v) is 13.5. The number of carbonyl (C=O) groups is 1. The highest BCUT2D eigenvalue weighted by Gasteiger charge is 2.02. The Morgan fingerprint density at radius 3 is 1.81 bits per heavy atom. The normalized spacial score (nSPS) is 12.1. The first-order chi connectivity index (χ1) is 15.2. The second kappa shape index (κ2) is 25.2. The number of rotatable bonds is 24. The van der Waals surface area contributed by atoms with E-state index in [1.165, 1.54) is 95.5 Å². The van der Waals surface area contributed by atoms with Gasteiger partial charge in [0.1, 0.15) is 0 Å². The molecule has 31 heavy (non-hydrogen) atoms. The SMILES string of the molecule is CC/C=C(/CCCNCCCCCCCC/C=C/CCCCCCCC)CCC(=O)O. The molecular formula is C28H53NO2. The van der Waals surface area contributed by atoms with Crippen molar-refractivity contribution in [3.63, 3.8) is 0 Å². The number of nitrogens with one attached hydrogen (secondary N) is 1. The van der Waals surface area contributed by atoms with Crippen LogP contribution in [-0.2, 0) is 4.79 Å². The summed E-state index contributed by atoms with van der Waals surface area (Å²) < 4.78 is 0. The van der Waals surface area contributed by atoms with E-state index in [4.69, 9.17) is 5.11 Å². The maximum Gasteiger partial charge on any atom is 0.303 e. The Morgan fingerprint density at radius 1 is 0.677 bits per heavy atom. The van der Waals surface area contributed by atoms with Crippen LogP contribution in [0.1, 0.15) is 136 Å². The fourth-order valence-electron chi connectivity index (χ4n) is 3.95. The topological polar surface area (TPSA) is 49.3 Å². The van der Waals surface area contributed by atoms with Crippen LogP contribution in [0, 0.1) is 0 Å². The second-order valence-electron chi connectivity index (χ2n) is 8.96. The molecule has 0 atom stereocenters. The third kappa shape index (κ3) is 25.0. The van der Waals surface area contributed by atoms with Gasteiger partial charge in [-0.05, 0) is 70.9 Å². The lowest BCUT2D eigenvalue weighted by Gasteiger charge is -2.08. The van der Waals surface area contributed by atoms with Crippen molar-refractivity contribution in [2.24, 2.45) is 0 Å². The van der Waals surface area contributed by atoms with Crippen molar-refractivity contribution in [3.05, 3.63) is 23.8 Å². The lowest BCUT2D eigenvalue weighted by molar-refractivity contribution is -0.136. The van der Waals surface area contributed by atoms with Crippen LogP contribution in [-0.4, -0.2) is 24.2 Å². The van der Waals surface area contributed by atoms with Crippen LogP contribution in [0.15, 0.2) is 23.8 Å². The fraction of sp³-hybridized carbons (Fsp3) is 0.821. The van der Waals surface area contributed by atoms with Gasteiger partial charge in [-0.2, -0.15) is 0 Å². The summed E-state index contributed by atoms with van der Waals surface area (Å²) in [5, 5.41) is 12.4. The molecule has 182 valence electrons. The Labute approximate surface area is 194 Å². The van der Waals surface area contributed by atoms with Gasteiger partial charge in [-0.3, -0.25) is 4.79 Å². The standard InChI is InChI=1S/C28H53NO2/c1-3-5-6-7-8-9-10-11-12-13-14-15-16-17-18-19-25-29-26-20-22-27(21-4-2)23-24-28(30)31/h11-12,21,29H,3-10,13-20,22-26H2,1-2H3,(H,30,31)/b12-11+,27-21-. The molecule has 0 heterocycles. The van der Waals surface area contributed by atoms with Gasteiger partial charge in [0, 0.05) is 6.42 Å². The van der Waals surface area contributed by atoms with E-state index >= 15 is 0 Å². The number of hydrogen-bond acceptors (Lipinski definition) is 2. The molecule has 0 fully saturated rings. The van der Waals surface area contributed by atoms with Crippen molar-refractivity contribution in [1.29, 1.82) is 0 Å². The van der Waals surface area contributed by atoms with E-state index in [1.807, 2.05) is 0 Å². The largest absolute Gasteiger partial charge is 0.481 e. The summed E-state index contributed by atoms with van der Waals surface area (Å²) in [5.74, 6) is -0.694. The predicted molar refractivity (Wildman–Crippen MR) is 137 cm³/mol. The Kier molecular flexibility index (Phi) is 24.3. The van der Waals surface area contributed by atoms with Gasteiger partial charge in [-0.25, -0.2) is 0 Å². The predicted octanol–water partition coefficient (Wildman–Crippen LogP) is 8.59. The molecule has 0 spiro atoms. The minimum atomic E-state index is -0.694. The van der Waals surface area contributed by atoms with Crippen LogP contribution in [0.4, 0.5) is 0 Å². The molecule has 0 unspecified atom stereocenters. The molecule has 0 amide bonds. The van der Waals surface area contributed by atoms with E-state index in [0.29, 0.717) is 6.42 Å². The minimum absolute atomic E-state index is 0.259. The zero-order valence-electron chi connectivity index (χ0n) is 20.9. The van der Waals surface area contributed by atoms with E-state index in [2.05, 4.69) is 37.4 Å². The maximum atomic E-state index is 10.7. The van der Waals surface area contributed by atoms with Crippen LogP contribution in [0.2, 0.25) is 0 Å². The molecule has 2 N–H and O–H groups in total. The molecule has 0 saturated heterocycles. The molecule has 0 radical (unpaired) electrons. The first kappa shape index (κ1) is 29.9. The minimum Gasteiger partial charge on any atom is -0.481 e. The molecule has 0 saturated carbocycles. The second-order valence-corrected chi connectivity index (χ2v) is 8.96. The van der Waals surface area contributed by atoms with Gasteiger partial charge < -0.3 is 10.4 Å². The van der Waals surface area contributed by atoms with Crippen LogP contribution >= 0.6 is 0 Å². The summed E-state index contributed by atoms with van der Waals surface area (Å²) in [6.45, 7) is 6.55. The number of hydrogen-bond donors (Lipinski definition) is 2. The van der Waals surface area contributed by atoms with E-state index in [1.54, 1.807) is 0 Å². The van der Waals surface area contributed by atoms with Crippen molar-refractivity contribution < 1.29 is 9.90 Å². The highest BCUT2D eigenvalue weighted by atomic mass is 16.4. The summed E-state index contributed by atoms with van der Waals surface area (Å²) in [4.78, 5) is 10.7. The molecule has 3 nitrogen and oxygen atoms in total. The van der Waals surface area contributed by atoms with Gasteiger partial charge in [0.2, 0.25) is 0 Å². The monoisotopic (exact) mass is 435 g/mol. The fourth-order valence-corrected chi connectivity index (χ4v) is 3.95. The van der Waals surface area contributed by atoms with Crippen LogP contribution in [0.3, 0.4) is 0 Å². The summed E-state index contributed by atoms with van der Waals surface area (Å²) in [6, 6.07) is 0. The van der Waals surface area contributed by atoms with Crippen molar-refractivity contribution in [1.82, 2.24) is 5.32 Å². The van der Waals surface area contributed by atoms with Gasteiger partial charge in [0.05, 0.1) is 0 Å². The molecule has 0 aliphatic carbocycles. The molecule has 0 bridgehead atoms. The smallest absolute Gasteiger partial charge is 0.303 e. The average molecular weight is 436 g/mol. The number of unbranched alkanes of at least 4 members (excludes halogenated alkanes) is 12. The highest BCUT2D eigenvalue weighted by Crippen LogP contribution is 2.13. The van der Waals surface area contributed by atoms with Crippen LogP contribution < -0.4 is 5.32 Å². The van der Waals surface area contributed by atoms with Crippen molar-refractivity contribution >= 4 is 5.97 Å². The molecule has 0 aromatic heterocycles. The van der Waals surface area contributed by atoms with Gasteiger partial charge in [-0.15, -0.1) is 0 Å². The molecule has 0 aromatic carbocycles. The zero-order chi connectivity index (χ0) is 22.8. The highest BCUT2D eigenvalue weighted by molar-refractivity contribution is 5.67. The average Bonchev–Trinajstić information content (AvgIpc) is 2.76. The third-order valence-electron chi connectivity index (χ3n) is 5.87. The summed E-state index contributed by atoms with van der Waals surface area (Å²) in [7, 11) is 0.